The number of hydrogen-bond acceptors (Lipinski definition) is 3. The van der Waals surface area contributed by atoms with Gasteiger partial charge in [0.15, 0.2) is 5.78 Å². The number of Topliss-reactive ketones (excluding diaryl/α,β-unsaturated/α-hetero) is 1. The average molecular weight is 260 g/mol. The van der Waals surface area contributed by atoms with Crippen molar-refractivity contribution in [2.75, 3.05) is 0 Å². The Morgan fingerprint density at radius 1 is 0.900 bits per heavy atom. The smallest absolute Gasteiger partial charge is 0.226 e. The van der Waals surface area contributed by atoms with Crippen molar-refractivity contribution in [3.63, 3.8) is 0 Å². The monoisotopic (exact) mass is 260 g/mol. The first-order valence-corrected chi connectivity index (χ1v) is 6.18. The van der Waals surface area contributed by atoms with Crippen LogP contribution in [-0.4, -0.2) is 5.78 Å². The molecule has 0 heterocycles. The molecule has 0 aliphatic carbocycles. The molecule has 3 nitrogen and oxygen atoms in total. The molecule has 0 saturated carbocycles. The highest BCUT2D eigenvalue weighted by atomic mass is 16.1. The predicted octanol–water partition coefficient (Wildman–Crippen LogP) is 2.78. The molecule has 0 spiro atoms. The number of ketones is 1. The average Bonchev–Trinajstić information content (AvgIpc) is 2.51. The van der Waals surface area contributed by atoms with Gasteiger partial charge in [-0.2, -0.15) is 10.5 Å². The Morgan fingerprint density at radius 2 is 1.40 bits per heavy atom. The van der Waals surface area contributed by atoms with Gasteiger partial charge < -0.3 is 0 Å². The Bertz CT molecular complexity index is 664. The second kappa shape index (κ2) is 5.82. The van der Waals surface area contributed by atoms with E-state index in [1.165, 1.54) is 0 Å². The first-order chi connectivity index (χ1) is 9.73. The van der Waals surface area contributed by atoms with E-state index in [2.05, 4.69) is 0 Å². The number of nitriles is 2. The summed E-state index contributed by atoms with van der Waals surface area (Å²) >= 11 is 0. The molecule has 0 saturated heterocycles. The molecule has 2 aromatic carbocycles. The van der Waals surface area contributed by atoms with Crippen LogP contribution in [0.3, 0.4) is 0 Å². The Hall–Kier alpha value is -2.91. The molecule has 0 fully saturated rings. The van der Waals surface area contributed by atoms with E-state index >= 15 is 0 Å². The lowest BCUT2D eigenvalue weighted by Gasteiger charge is -2.17. The minimum atomic E-state index is -1.74. The second-order valence-corrected chi connectivity index (χ2v) is 4.43. The summed E-state index contributed by atoms with van der Waals surface area (Å²) in [7, 11) is 0. The van der Waals surface area contributed by atoms with Crippen LogP contribution in [0, 0.1) is 22.7 Å². The van der Waals surface area contributed by atoms with Crippen LogP contribution in [0.15, 0.2) is 60.7 Å². The van der Waals surface area contributed by atoms with Gasteiger partial charge in [0.1, 0.15) is 0 Å². The summed E-state index contributed by atoms with van der Waals surface area (Å²) in [4.78, 5) is 12.5. The van der Waals surface area contributed by atoms with Crippen LogP contribution in [0.1, 0.15) is 11.1 Å². The second-order valence-electron chi connectivity index (χ2n) is 4.43. The van der Waals surface area contributed by atoms with Gasteiger partial charge in [-0.15, -0.1) is 0 Å². The molecule has 0 amide bonds. The Morgan fingerprint density at radius 3 is 1.90 bits per heavy atom. The summed E-state index contributed by atoms with van der Waals surface area (Å²) in [6, 6.07) is 21.4. The summed E-state index contributed by atoms with van der Waals surface area (Å²) in [5.41, 5.74) is -0.522. The van der Waals surface area contributed by atoms with Crippen molar-refractivity contribution in [2.45, 2.75) is 11.8 Å². The van der Waals surface area contributed by atoms with Crippen LogP contribution in [0.2, 0.25) is 0 Å². The Balaban J connectivity index is 2.38. The molecular formula is C17H12N2O. The van der Waals surface area contributed by atoms with Crippen LogP contribution < -0.4 is 0 Å². The zero-order chi connectivity index (χ0) is 14.4. The fourth-order valence-corrected chi connectivity index (χ4v) is 2.04. The van der Waals surface area contributed by atoms with Crippen molar-refractivity contribution in [3.8, 4) is 12.1 Å². The molecule has 0 radical (unpaired) electrons. The van der Waals surface area contributed by atoms with E-state index in [4.69, 9.17) is 0 Å². The van der Waals surface area contributed by atoms with E-state index < -0.39 is 11.2 Å². The van der Waals surface area contributed by atoms with Gasteiger partial charge in [-0.05, 0) is 11.1 Å². The number of rotatable bonds is 4. The van der Waals surface area contributed by atoms with Crippen LogP contribution in [0.4, 0.5) is 0 Å². The standard InChI is InChI=1S/C17H12N2O/c18-12-17(13-19,15-9-5-2-6-10-15)16(20)11-14-7-3-1-4-8-14/h1-10H,11H2. The normalized spacial score (nSPS) is 10.3. The van der Waals surface area contributed by atoms with E-state index in [1.807, 2.05) is 42.5 Å². The van der Waals surface area contributed by atoms with E-state index in [0.29, 0.717) is 5.56 Å². The van der Waals surface area contributed by atoms with Crippen LogP contribution in [0.5, 0.6) is 0 Å². The molecule has 0 aromatic heterocycles. The summed E-state index contributed by atoms with van der Waals surface area (Å²) in [5, 5.41) is 18.8. The van der Waals surface area contributed by atoms with Gasteiger partial charge in [0.2, 0.25) is 5.41 Å². The molecule has 3 heteroatoms. The van der Waals surface area contributed by atoms with Gasteiger partial charge in [0.25, 0.3) is 0 Å². The third-order valence-electron chi connectivity index (χ3n) is 3.17. The van der Waals surface area contributed by atoms with Gasteiger partial charge in [0.05, 0.1) is 12.1 Å². The lowest BCUT2D eigenvalue weighted by molar-refractivity contribution is -0.120. The fraction of sp³-hybridized carbons (Fsp3) is 0.118. The van der Waals surface area contributed by atoms with Gasteiger partial charge in [-0.25, -0.2) is 0 Å². The minimum Gasteiger partial charge on any atom is -0.296 e. The molecule has 0 unspecified atom stereocenters. The third kappa shape index (κ3) is 2.43. The van der Waals surface area contributed by atoms with Crippen molar-refractivity contribution in [3.05, 3.63) is 71.8 Å². The molecule has 96 valence electrons. The SMILES string of the molecule is N#CC(C#N)(C(=O)Cc1ccccc1)c1ccccc1. The van der Waals surface area contributed by atoms with Crippen molar-refractivity contribution in [1.82, 2.24) is 0 Å². The number of hydrogen-bond donors (Lipinski definition) is 0. The summed E-state index contributed by atoms with van der Waals surface area (Å²) in [6.07, 6.45) is 0.0663. The molecule has 0 N–H and O–H groups in total. The maximum Gasteiger partial charge on any atom is 0.226 e. The Kier molecular flexibility index (Phi) is 3.93. The zero-order valence-electron chi connectivity index (χ0n) is 10.8. The predicted molar refractivity (Wildman–Crippen MR) is 74.5 cm³/mol. The molecule has 0 atom stereocenters. The quantitative estimate of drug-likeness (QED) is 0.849. The summed E-state index contributed by atoms with van der Waals surface area (Å²) < 4.78 is 0. The van der Waals surface area contributed by atoms with Crippen molar-refractivity contribution in [1.29, 1.82) is 10.5 Å². The van der Waals surface area contributed by atoms with Crippen molar-refractivity contribution < 1.29 is 4.79 Å². The maximum atomic E-state index is 12.5. The number of benzene rings is 2. The molecule has 2 rings (SSSR count). The molecular weight excluding hydrogens is 248 g/mol. The van der Waals surface area contributed by atoms with Gasteiger partial charge in [-0.1, -0.05) is 60.7 Å². The van der Waals surface area contributed by atoms with Crippen LogP contribution in [-0.2, 0) is 16.6 Å². The van der Waals surface area contributed by atoms with E-state index in [9.17, 15) is 15.3 Å². The lowest BCUT2D eigenvalue weighted by Crippen LogP contribution is -2.34. The van der Waals surface area contributed by atoms with Crippen molar-refractivity contribution in [2.24, 2.45) is 0 Å². The lowest BCUT2D eigenvalue weighted by atomic mass is 9.77. The highest BCUT2D eigenvalue weighted by molar-refractivity contribution is 5.97. The minimum absolute atomic E-state index is 0.0663. The maximum absolute atomic E-state index is 12.5. The fourth-order valence-electron chi connectivity index (χ4n) is 2.04. The number of nitrogens with zero attached hydrogens (tertiary/aromatic N) is 2. The highest BCUT2D eigenvalue weighted by Crippen LogP contribution is 2.25. The topological polar surface area (TPSA) is 64.7 Å². The van der Waals surface area contributed by atoms with Gasteiger partial charge >= 0.3 is 0 Å². The first-order valence-electron chi connectivity index (χ1n) is 6.18. The first kappa shape index (κ1) is 13.5. The number of carbonyl (C=O) groups excluding carboxylic acids is 1. The molecule has 0 bridgehead atoms. The van der Waals surface area contributed by atoms with E-state index in [-0.39, 0.29) is 6.42 Å². The van der Waals surface area contributed by atoms with Crippen LogP contribution in [0.25, 0.3) is 0 Å². The summed E-state index contributed by atoms with van der Waals surface area (Å²) in [6.45, 7) is 0. The van der Waals surface area contributed by atoms with E-state index in [1.54, 1.807) is 30.3 Å². The van der Waals surface area contributed by atoms with Gasteiger partial charge in [0, 0.05) is 6.42 Å². The number of carbonyl (C=O) groups is 1. The highest BCUT2D eigenvalue weighted by Gasteiger charge is 2.40. The molecule has 20 heavy (non-hydrogen) atoms. The zero-order valence-corrected chi connectivity index (χ0v) is 10.8. The Labute approximate surface area is 117 Å². The largest absolute Gasteiger partial charge is 0.296 e. The molecule has 0 aliphatic rings. The third-order valence-corrected chi connectivity index (χ3v) is 3.17. The van der Waals surface area contributed by atoms with Crippen LogP contribution >= 0.6 is 0 Å². The van der Waals surface area contributed by atoms with Gasteiger partial charge in [-0.3, -0.25) is 4.79 Å². The van der Waals surface area contributed by atoms with E-state index in [0.717, 1.165) is 5.56 Å². The van der Waals surface area contributed by atoms with Crippen molar-refractivity contribution >= 4 is 5.78 Å². The molecule has 0 aliphatic heterocycles. The summed E-state index contributed by atoms with van der Waals surface area (Å²) in [5.74, 6) is -0.403. The molecule has 2 aromatic rings.